The van der Waals surface area contributed by atoms with E-state index in [1.165, 1.54) is 0 Å². The van der Waals surface area contributed by atoms with Crippen LogP contribution in [-0.2, 0) is 20.6 Å². The van der Waals surface area contributed by atoms with E-state index in [0.717, 1.165) is 43.2 Å². The molecule has 0 aromatic heterocycles. The summed E-state index contributed by atoms with van der Waals surface area (Å²) in [6, 6.07) is 5.98. The molecule has 1 aromatic carbocycles. The summed E-state index contributed by atoms with van der Waals surface area (Å²) in [6.45, 7) is 5.42. The first kappa shape index (κ1) is 15.8. The predicted molar refractivity (Wildman–Crippen MR) is 86.8 cm³/mol. The number of hydrogen-bond acceptors (Lipinski definition) is 7. The van der Waals surface area contributed by atoms with Crippen molar-refractivity contribution < 1.29 is 28.8 Å². The first-order valence-electron chi connectivity index (χ1n) is 8.85. The second-order valence-electron chi connectivity index (χ2n) is 7.42. The first-order chi connectivity index (χ1) is 12.1. The fourth-order valence-corrected chi connectivity index (χ4v) is 3.19. The van der Waals surface area contributed by atoms with Gasteiger partial charge in [-0.3, -0.25) is 0 Å². The number of epoxide rings is 3. The lowest BCUT2D eigenvalue weighted by Gasteiger charge is -2.20. The summed E-state index contributed by atoms with van der Waals surface area (Å²) in [5.74, 6) is 0.658. The van der Waals surface area contributed by atoms with Crippen LogP contribution in [0.25, 0.3) is 0 Å². The summed E-state index contributed by atoms with van der Waals surface area (Å²) >= 11 is 0. The second-order valence-corrected chi connectivity index (χ2v) is 7.42. The highest BCUT2D eigenvalue weighted by molar-refractivity contribution is 5.39. The second kappa shape index (κ2) is 5.56. The lowest BCUT2D eigenvalue weighted by Crippen LogP contribution is -2.43. The van der Waals surface area contributed by atoms with E-state index in [4.69, 9.17) is 23.7 Å². The van der Waals surface area contributed by atoms with Gasteiger partial charge in [-0.15, -0.1) is 0 Å². The van der Waals surface area contributed by atoms with E-state index in [0.29, 0.717) is 13.2 Å². The quantitative estimate of drug-likeness (QED) is 0.585. The number of ether oxygens (including phenoxy) is 5. The van der Waals surface area contributed by atoms with E-state index in [9.17, 15) is 5.11 Å². The van der Waals surface area contributed by atoms with Crippen LogP contribution in [0.2, 0.25) is 0 Å². The third-order valence-electron chi connectivity index (χ3n) is 5.30. The molecule has 3 saturated heterocycles. The molecular weight excluding hydrogens is 326 g/mol. The maximum absolute atomic E-state index is 9.92. The van der Waals surface area contributed by atoms with Crippen molar-refractivity contribution in [2.75, 3.05) is 33.0 Å². The third kappa shape index (κ3) is 3.11. The summed E-state index contributed by atoms with van der Waals surface area (Å²) in [4.78, 5) is 0. The molecule has 1 aliphatic carbocycles. The van der Waals surface area contributed by atoms with Gasteiger partial charge in [-0.1, -0.05) is 0 Å². The van der Waals surface area contributed by atoms with Crippen molar-refractivity contribution in [1.82, 2.24) is 5.32 Å². The molecule has 4 aliphatic rings. The van der Waals surface area contributed by atoms with Crippen molar-refractivity contribution >= 4 is 0 Å². The SMILES string of the molecule is C[C@@]1(NCCc2cc(OCC3CO3)cc(OCC3CO3)c2)C2OC21O. The van der Waals surface area contributed by atoms with Crippen LogP contribution in [0.4, 0.5) is 0 Å². The molecule has 1 aromatic rings. The van der Waals surface area contributed by atoms with Crippen LogP contribution in [0.15, 0.2) is 18.2 Å². The minimum absolute atomic E-state index is 0.0503. The average Bonchev–Trinajstić information content (AvgIpc) is 3.44. The molecule has 5 atom stereocenters. The molecule has 5 rings (SSSR count). The summed E-state index contributed by atoms with van der Waals surface area (Å²) in [7, 11) is 0. The van der Waals surface area contributed by atoms with E-state index in [1.54, 1.807) is 0 Å². The third-order valence-corrected chi connectivity index (χ3v) is 5.30. The molecule has 1 saturated carbocycles. The van der Waals surface area contributed by atoms with Crippen molar-refractivity contribution in [3.8, 4) is 11.5 Å². The Morgan fingerprint density at radius 3 is 2.12 bits per heavy atom. The van der Waals surface area contributed by atoms with Crippen LogP contribution in [0.5, 0.6) is 11.5 Å². The van der Waals surface area contributed by atoms with Gasteiger partial charge in [-0.2, -0.15) is 0 Å². The summed E-state index contributed by atoms with van der Waals surface area (Å²) in [5, 5.41) is 13.3. The highest BCUT2D eigenvalue weighted by Gasteiger charge is 2.91. The number of hydrogen-bond donors (Lipinski definition) is 2. The van der Waals surface area contributed by atoms with Crippen molar-refractivity contribution in [3.63, 3.8) is 0 Å². The largest absolute Gasteiger partial charge is 0.491 e. The fraction of sp³-hybridized carbons (Fsp3) is 0.667. The Hall–Kier alpha value is -1.38. The van der Waals surface area contributed by atoms with Gasteiger partial charge in [0.1, 0.15) is 48.6 Å². The zero-order valence-corrected chi connectivity index (χ0v) is 14.2. The minimum Gasteiger partial charge on any atom is -0.491 e. The molecule has 3 heterocycles. The van der Waals surface area contributed by atoms with Crippen LogP contribution in [0.3, 0.4) is 0 Å². The van der Waals surface area contributed by atoms with Crippen molar-refractivity contribution in [2.45, 2.75) is 43.0 Å². The number of nitrogens with one attached hydrogen (secondary N) is 1. The Bertz CT molecular complexity index is 641. The van der Waals surface area contributed by atoms with Crippen LogP contribution in [-0.4, -0.2) is 67.7 Å². The molecule has 25 heavy (non-hydrogen) atoms. The standard InChI is InChI=1S/C18H23NO6/c1-17(16-18(17,20)25-16)19-3-2-11-4-12(21-7-14-9-23-14)6-13(5-11)22-8-15-10-24-15/h4-6,14-16,19-20H,2-3,7-10H2,1H3/t14?,15?,16?,17-,18?/m1/s1. The zero-order valence-electron chi connectivity index (χ0n) is 14.2. The van der Waals surface area contributed by atoms with Gasteiger partial charge < -0.3 is 34.1 Å². The summed E-state index contributed by atoms with van der Waals surface area (Å²) in [5.41, 5.74) is 0.826. The molecule has 0 amide bonds. The Labute approximate surface area is 146 Å². The zero-order chi connectivity index (χ0) is 17.1. The Balaban J connectivity index is 1.20. The number of fused-ring (bicyclic) bond motifs is 1. The Morgan fingerprint density at radius 1 is 1.12 bits per heavy atom. The van der Waals surface area contributed by atoms with Gasteiger partial charge in [0.25, 0.3) is 0 Å². The highest BCUT2D eigenvalue weighted by Crippen LogP contribution is 2.65. The van der Waals surface area contributed by atoms with Gasteiger partial charge in [0, 0.05) is 6.07 Å². The van der Waals surface area contributed by atoms with Gasteiger partial charge in [-0.05, 0) is 37.6 Å². The Morgan fingerprint density at radius 2 is 1.68 bits per heavy atom. The lowest BCUT2D eigenvalue weighted by molar-refractivity contribution is -0.0327. The predicted octanol–water partition coefficient (Wildman–Crippen LogP) is 0.234. The fourth-order valence-electron chi connectivity index (χ4n) is 3.19. The monoisotopic (exact) mass is 349 g/mol. The molecular formula is C18H23NO6. The van der Waals surface area contributed by atoms with Crippen LogP contribution >= 0.6 is 0 Å². The number of benzene rings is 1. The minimum atomic E-state index is -0.930. The van der Waals surface area contributed by atoms with E-state index < -0.39 is 5.79 Å². The number of rotatable bonds is 10. The van der Waals surface area contributed by atoms with E-state index in [-0.39, 0.29) is 23.9 Å². The normalized spacial score (nSPS) is 39.5. The highest BCUT2D eigenvalue weighted by atomic mass is 16.8. The molecule has 4 unspecified atom stereocenters. The molecule has 7 nitrogen and oxygen atoms in total. The van der Waals surface area contributed by atoms with E-state index >= 15 is 0 Å². The molecule has 0 radical (unpaired) electrons. The van der Waals surface area contributed by atoms with Crippen molar-refractivity contribution in [1.29, 1.82) is 0 Å². The molecule has 7 heteroatoms. The van der Waals surface area contributed by atoms with Crippen LogP contribution < -0.4 is 14.8 Å². The Kier molecular flexibility index (Phi) is 3.52. The molecule has 136 valence electrons. The van der Waals surface area contributed by atoms with E-state index in [1.807, 2.05) is 25.1 Å². The van der Waals surface area contributed by atoms with Crippen LogP contribution in [0.1, 0.15) is 12.5 Å². The van der Waals surface area contributed by atoms with Gasteiger partial charge in [0.2, 0.25) is 5.79 Å². The maximum Gasteiger partial charge on any atom is 0.216 e. The number of aliphatic hydroxyl groups is 1. The van der Waals surface area contributed by atoms with Crippen molar-refractivity contribution in [2.24, 2.45) is 0 Å². The van der Waals surface area contributed by atoms with Gasteiger partial charge >= 0.3 is 0 Å². The van der Waals surface area contributed by atoms with E-state index in [2.05, 4.69) is 5.32 Å². The summed E-state index contributed by atoms with van der Waals surface area (Å²) in [6.07, 6.45) is 1.20. The smallest absolute Gasteiger partial charge is 0.216 e. The van der Waals surface area contributed by atoms with Gasteiger partial charge in [0.15, 0.2) is 0 Å². The topological polar surface area (TPSA) is 88.3 Å². The molecule has 2 N–H and O–H groups in total. The first-order valence-corrected chi connectivity index (χ1v) is 8.85. The maximum atomic E-state index is 9.92. The molecule has 0 spiro atoms. The van der Waals surface area contributed by atoms with Crippen LogP contribution in [0, 0.1) is 0 Å². The van der Waals surface area contributed by atoms with Gasteiger partial charge in [-0.25, -0.2) is 0 Å². The molecule has 0 bridgehead atoms. The lowest BCUT2D eigenvalue weighted by atomic mass is 10.1. The summed E-state index contributed by atoms with van der Waals surface area (Å²) < 4.78 is 27.1. The average molecular weight is 349 g/mol. The molecule has 4 fully saturated rings. The van der Waals surface area contributed by atoms with Gasteiger partial charge in [0.05, 0.1) is 13.2 Å². The molecule has 3 aliphatic heterocycles. The van der Waals surface area contributed by atoms with Crippen molar-refractivity contribution in [3.05, 3.63) is 23.8 Å².